The predicted octanol–water partition coefficient (Wildman–Crippen LogP) is 6.27. The number of fused-ring (bicyclic) bond motifs is 1. The molecular formula is C28H43N6O3PS2. The third kappa shape index (κ3) is 8.41. The molecule has 0 saturated carbocycles. The van der Waals surface area contributed by atoms with Gasteiger partial charge < -0.3 is 19.6 Å². The van der Waals surface area contributed by atoms with Crippen molar-refractivity contribution in [1.82, 2.24) is 19.2 Å². The number of nitriles is 1. The molecule has 0 bridgehead atoms. The average Bonchev–Trinajstić information content (AvgIpc) is 3.42. The number of hydrogen-bond acceptors (Lipinski definition) is 9. The number of hydrogen-bond donors (Lipinski definition) is 2. The van der Waals surface area contributed by atoms with E-state index >= 15 is 0 Å². The maximum absolute atomic E-state index is 12.9. The van der Waals surface area contributed by atoms with Crippen molar-refractivity contribution in [2.45, 2.75) is 110 Å². The second-order valence-electron chi connectivity index (χ2n) is 11.3. The van der Waals surface area contributed by atoms with E-state index in [9.17, 15) is 10.1 Å². The van der Waals surface area contributed by atoms with Crippen LogP contribution in [0.4, 0.5) is 5.95 Å². The molecule has 1 fully saturated rings. The molecule has 1 aliphatic heterocycles. The van der Waals surface area contributed by atoms with Crippen LogP contribution in [0.25, 0.3) is 11.0 Å². The Morgan fingerprint density at radius 3 is 2.65 bits per heavy atom. The fraction of sp³-hybridized carbons (Fsp3) is 0.679. The summed E-state index contributed by atoms with van der Waals surface area (Å²) in [5.74, 6) is 7.06. The molecule has 0 aliphatic carbocycles. The van der Waals surface area contributed by atoms with E-state index in [2.05, 4.69) is 87.9 Å². The van der Waals surface area contributed by atoms with Gasteiger partial charge in [-0.2, -0.15) is 10.2 Å². The van der Waals surface area contributed by atoms with Crippen LogP contribution in [-0.4, -0.2) is 60.2 Å². The zero-order valence-electron chi connectivity index (χ0n) is 24.9. The fourth-order valence-corrected chi connectivity index (χ4v) is 9.09. The molecule has 0 aromatic carbocycles. The van der Waals surface area contributed by atoms with Crippen molar-refractivity contribution in [1.29, 1.82) is 5.26 Å². The van der Waals surface area contributed by atoms with Gasteiger partial charge in [-0.15, -0.1) is 0 Å². The summed E-state index contributed by atoms with van der Waals surface area (Å²) in [6.45, 7) is 17.2. The minimum absolute atomic E-state index is 0.0517. The first kappa shape index (κ1) is 32.8. The minimum Gasteiger partial charge on any atom is -0.369 e. The van der Waals surface area contributed by atoms with Gasteiger partial charge in [-0.05, 0) is 34.1 Å². The molecule has 12 heteroatoms. The second-order valence-corrected chi connectivity index (χ2v) is 16.3. The molecule has 3 heterocycles. The number of nitrogens with two attached hydrogens (primary N) is 1. The average molecular weight is 607 g/mol. The van der Waals surface area contributed by atoms with Crippen LogP contribution in [0.15, 0.2) is 11.0 Å². The quantitative estimate of drug-likeness (QED) is 0.132. The van der Waals surface area contributed by atoms with Gasteiger partial charge in [0.15, 0.2) is 5.65 Å². The van der Waals surface area contributed by atoms with Gasteiger partial charge >= 0.3 is 0 Å². The van der Waals surface area contributed by atoms with Crippen LogP contribution < -0.4 is 11.3 Å². The number of aromatic amines is 1. The molecule has 3 N–H and O–H groups in total. The van der Waals surface area contributed by atoms with Crippen molar-refractivity contribution in [3.63, 3.8) is 0 Å². The van der Waals surface area contributed by atoms with E-state index in [0.29, 0.717) is 41.4 Å². The van der Waals surface area contributed by atoms with Gasteiger partial charge in [0.2, 0.25) is 5.95 Å². The maximum Gasteiger partial charge on any atom is 0.263 e. The van der Waals surface area contributed by atoms with E-state index in [0.717, 1.165) is 6.42 Å². The largest absolute Gasteiger partial charge is 0.369 e. The molecule has 0 spiro atoms. The van der Waals surface area contributed by atoms with Gasteiger partial charge in [-0.25, -0.2) is 0 Å². The van der Waals surface area contributed by atoms with Crippen molar-refractivity contribution in [2.75, 3.05) is 17.6 Å². The normalized spacial score (nSPS) is 20.3. The van der Waals surface area contributed by atoms with E-state index in [1.54, 1.807) is 21.6 Å². The lowest BCUT2D eigenvalue weighted by atomic mass is 10.1. The number of rotatable bonds is 11. The van der Waals surface area contributed by atoms with E-state index in [1.165, 1.54) is 0 Å². The Bertz CT molecular complexity index is 1300. The van der Waals surface area contributed by atoms with Gasteiger partial charge in [0.05, 0.1) is 35.0 Å². The minimum atomic E-state index is -0.996. The third-order valence-electron chi connectivity index (χ3n) is 6.24. The Hall–Kier alpha value is -1.72. The van der Waals surface area contributed by atoms with Crippen molar-refractivity contribution in [3.8, 4) is 17.9 Å². The van der Waals surface area contributed by atoms with E-state index in [1.807, 2.05) is 10.8 Å². The van der Waals surface area contributed by atoms with Crippen LogP contribution in [0, 0.1) is 23.2 Å². The molecule has 220 valence electrons. The fourth-order valence-electron chi connectivity index (χ4n) is 4.83. The molecule has 4 atom stereocenters. The number of ether oxygens (including phenoxy) is 1. The lowest BCUT2D eigenvalue weighted by Crippen LogP contribution is -2.35. The van der Waals surface area contributed by atoms with E-state index < -0.39 is 8.30 Å². The molecule has 2 aromatic rings. The highest BCUT2D eigenvalue weighted by molar-refractivity contribution is 8.77. The topological polar surface area (TPSA) is 122 Å². The Labute approximate surface area is 247 Å². The number of nitrogens with one attached hydrogen (secondary N) is 1. The molecule has 3 rings (SSSR count). The highest BCUT2D eigenvalue weighted by Gasteiger charge is 2.40. The first-order chi connectivity index (χ1) is 18.9. The van der Waals surface area contributed by atoms with Crippen LogP contribution >= 0.6 is 29.9 Å². The van der Waals surface area contributed by atoms with Crippen molar-refractivity contribution in [3.05, 3.63) is 22.1 Å². The molecule has 1 unspecified atom stereocenters. The van der Waals surface area contributed by atoms with Crippen LogP contribution in [0.5, 0.6) is 0 Å². The summed E-state index contributed by atoms with van der Waals surface area (Å²) in [6.07, 6.45) is 3.68. The standard InChI is InChI=1S/C28H43N6O3PS2/c1-9-21-22(37-38(14-11-13-29)34(18(2)3)19(4)5)16-23(36-21)33-17-20(12-10-15-39-40-28(6,7)8)24-25(33)31-27(30)32-26(24)35/h17-19,21-23H,9,11,14-16H2,1-8H3,(H3,30,31,32,35)/t21-,22+,23-,38?/m1/s1. The number of nitrogens with zero attached hydrogens (tertiary/aromatic N) is 4. The Balaban J connectivity index is 1.91. The SMILES string of the molecule is CC[C@H]1O[C@@H](n2cc(C#CCSSC(C)(C)C)c3c(=O)[nH]c(N)nc32)C[C@@H]1OP(CCC#N)N(C(C)C)C(C)C. The number of H-pyrrole nitrogens is 1. The van der Waals surface area contributed by atoms with Crippen molar-refractivity contribution < 1.29 is 9.26 Å². The van der Waals surface area contributed by atoms with Gasteiger partial charge in [-0.1, -0.05) is 61.1 Å². The molecular weight excluding hydrogens is 563 g/mol. The molecule has 1 aliphatic rings. The van der Waals surface area contributed by atoms with Crippen molar-refractivity contribution >= 4 is 46.9 Å². The van der Waals surface area contributed by atoms with Gasteiger partial charge in [0, 0.05) is 42.0 Å². The smallest absolute Gasteiger partial charge is 0.263 e. The molecule has 2 aromatic heterocycles. The molecule has 40 heavy (non-hydrogen) atoms. The van der Waals surface area contributed by atoms with Crippen LogP contribution in [0.2, 0.25) is 0 Å². The number of nitrogen functional groups attached to an aromatic ring is 1. The molecule has 1 saturated heterocycles. The first-order valence-corrected chi connectivity index (χ1v) is 17.5. The lowest BCUT2D eigenvalue weighted by molar-refractivity contribution is -0.0138. The maximum atomic E-state index is 12.9. The van der Waals surface area contributed by atoms with Gasteiger partial charge in [0.25, 0.3) is 5.56 Å². The summed E-state index contributed by atoms with van der Waals surface area (Å²) in [4.78, 5) is 20.0. The summed E-state index contributed by atoms with van der Waals surface area (Å²) in [7, 11) is 2.48. The van der Waals surface area contributed by atoms with Crippen LogP contribution in [0.3, 0.4) is 0 Å². The first-order valence-electron chi connectivity index (χ1n) is 13.8. The zero-order chi connectivity index (χ0) is 29.6. The monoisotopic (exact) mass is 606 g/mol. The Morgan fingerprint density at radius 1 is 1.35 bits per heavy atom. The van der Waals surface area contributed by atoms with E-state index in [4.69, 9.17) is 15.0 Å². The number of anilines is 1. The van der Waals surface area contributed by atoms with Gasteiger partial charge in [-0.3, -0.25) is 14.4 Å². The Kier molecular flexibility index (Phi) is 11.8. The highest BCUT2D eigenvalue weighted by atomic mass is 33.1. The summed E-state index contributed by atoms with van der Waals surface area (Å²) >= 11 is 0. The Morgan fingerprint density at radius 2 is 2.05 bits per heavy atom. The third-order valence-corrected chi connectivity index (χ3v) is 11.9. The van der Waals surface area contributed by atoms with E-state index in [-0.39, 0.29) is 46.8 Å². The number of aromatic nitrogens is 3. The summed E-state index contributed by atoms with van der Waals surface area (Å²) in [6, 6.07) is 2.86. The zero-order valence-corrected chi connectivity index (χ0v) is 27.4. The molecule has 9 nitrogen and oxygen atoms in total. The second kappa shape index (κ2) is 14.4. The molecule has 0 radical (unpaired) electrons. The summed E-state index contributed by atoms with van der Waals surface area (Å²) in [5, 5.41) is 9.71. The summed E-state index contributed by atoms with van der Waals surface area (Å²) < 4.78 is 17.7. The lowest BCUT2D eigenvalue weighted by Gasteiger charge is -2.38. The summed E-state index contributed by atoms with van der Waals surface area (Å²) in [5.41, 5.74) is 6.70. The predicted molar refractivity (Wildman–Crippen MR) is 169 cm³/mol. The molecule has 0 amide bonds. The van der Waals surface area contributed by atoms with Crippen molar-refractivity contribution in [2.24, 2.45) is 0 Å². The van der Waals surface area contributed by atoms with Crippen LogP contribution in [0.1, 0.15) is 86.4 Å². The van der Waals surface area contributed by atoms with Crippen LogP contribution in [-0.2, 0) is 9.26 Å². The highest BCUT2D eigenvalue weighted by Crippen LogP contribution is 2.50. The van der Waals surface area contributed by atoms with Gasteiger partial charge in [0.1, 0.15) is 14.5 Å².